The first-order valence-electron chi connectivity index (χ1n) is 9.85. The minimum absolute atomic E-state index is 0.276. The van der Waals surface area contributed by atoms with E-state index in [1.807, 2.05) is 5.32 Å². The minimum atomic E-state index is -4.81. The Balaban J connectivity index is 1.88. The van der Waals surface area contributed by atoms with Gasteiger partial charge in [-0.15, -0.1) is 0 Å². The molecule has 0 aromatic heterocycles. The van der Waals surface area contributed by atoms with Crippen LogP contribution in [-0.2, 0) is 25.3 Å². The summed E-state index contributed by atoms with van der Waals surface area (Å²) >= 11 is 0. The average molecular weight is 495 g/mol. The Morgan fingerprint density at radius 1 is 1.14 bits per heavy atom. The summed E-state index contributed by atoms with van der Waals surface area (Å²) in [6.45, 7) is 0.416. The van der Waals surface area contributed by atoms with Gasteiger partial charge in [0.15, 0.2) is 6.61 Å². The summed E-state index contributed by atoms with van der Waals surface area (Å²) in [5.41, 5.74) is -2.05. The van der Waals surface area contributed by atoms with Crippen molar-refractivity contribution in [3.05, 3.63) is 69.8 Å². The van der Waals surface area contributed by atoms with Crippen LogP contribution in [0.25, 0.3) is 6.08 Å². The van der Waals surface area contributed by atoms with E-state index in [9.17, 15) is 37.7 Å². The van der Waals surface area contributed by atoms with Gasteiger partial charge in [0.25, 0.3) is 11.6 Å². The van der Waals surface area contributed by atoms with Crippen molar-refractivity contribution in [3.8, 4) is 5.75 Å². The van der Waals surface area contributed by atoms with Gasteiger partial charge in [0.2, 0.25) is 5.91 Å². The van der Waals surface area contributed by atoms with E-state index in [0.717, 1.165) is 6.07 Å². The number of hydrogen-bond acceptors (Lipinski definition) is 7. The molecule has 0 saturated carbocycles. The number of nitrogens with zero attached hydrogens (tertiary/aromatic N) is 1. The number of carbonyl (C=O) groups excluding carboxylic acids is 3. The number of halogens is 3. The smallest absolute Gasteiger partial charge is 0.416 e. The Hall–Kier alpha value is -4.42. The van der Waals surface area contributed by atoms with E-state index in [4.69, 9.17) is 9.47 Å². The van der Waals surface area contributed by atoms with Crippen molar-refractivity contribution in [2.45, 2.75) is 19.1 Å². The maximum Gasteiger partial charge on any atom is 0.416 e. The molecule has 0 aliphatic heterocycles. The van der Waals surface area contributed by atoms with Gasteiger partial charge in [-0.3, -0.25) is 19.7 Å². The number of amides is 2. The Labute approximate surface area is 196 Å². The van der Waals surface area contributed by atoms with Crippen LogP contribution in [0, 0.1) is 10.1 Å². The van der Waals surface area contributed by atoms with Gasteiger partial charge in [-0.05, 0) is 42.8 Å². The Morgan fingerprint density at radius 3 is 2.37 bits per heavy atom. The van der Waals surface area contributed by atoms with Crippen LogP contribution >= 0.6 is 0 Å². The number of anilines is 1. The number of alkyl halides is 3. The predicted molar refractivity (Wildman–Crippen MR) is 117 cm³/mol. The molecule has 0 bridgehead atoms. The van der Waals surface area contributed by atoms with Gasteiger partial charge in [0, 0.05) is 12.1 Å². The number of hydrogen-bond donors (Lipinski definition) is 2. The zero-order valence-corrected chi connectivity index (χ0v) is 18.4. The van der Waals surface area contributed by atoms with E-state index in [2.05, 4.69) is 5.32 Å². The number of methoxy groups -OCH3 is 1. The molecule has 2 N–H and O–H groups in total. The molecule has 0 aliphatic rings. The van der Waals surface area contributed by atoms with Crippen LogP contribution in [0.15, 0.2) is 48.5 Å². The lowest BCUT2D eigenvalue weighted by molar-refractivity contribution is -0.384. The third kappa shape index (κ3) is 8.14. The topological polar surface area (TPSA) is 137 Å². The fourth-order valence-corrected chi connectivity index (χ4v) is 2.62. The fraction of sp³-hybridized carbons (Fsp3) is 0.227. The second-order valence-electron chi connectivity index (χ2n) is 6.98. The zero-order chi connectivity index (χ0) is 26.2. The molecule has 0 saturated heterocycles. The van der Waals surface area contributed by atoms with Crippen molar-refractivity contribution in [1.82, 2.24) is 5.32 Å². The molecule has 186 valence electrons. The highest BCUT2D eigenvalue weighted by molar-refractivity contribution is 5.96. The van der Waals surface area contributed by atoms with Gasteiger partial charge in [-0.2, -0.15) is 13.2 Å². The SMILES string of the molecule is COc1ccc(C=CC(=O)N[C@@H](C)C(=O)OCC(=O)Nc2ccc(C(F)(F)F)cc2[N+](=O)[O-])cc1. The van der Waals surface area contributed by atoms with E-state index in [1.165, 1.54) is 26.2 Å². The maximum atomic E-state index is 12.8. The number of nitro groups is 1. The van der Waals surface area contributed by atoms with Crippen LogP contribution < -0.4 is 15.4 Å². The number of nitro benzene ring substituents is 1. The Kier molecular flexibility index (Phi) is 8.91. The lowest BCUT2D eigenvalue weighted by Crippen LogP contribution is -2.39. The molecule has 2 aromatic carbocycles. The van der Waals surface area contributed by atoms with Gasteiger partial charge in [0.05, 0.1) is 17.6 Å². The third-order valence-corrected chi connectivity index (χ3v) is 4.40. The number of rotatable bonds is 9. The number of nitrogens with one attached hydrogen (secondary N) is 2. The predicted octanol–water partition coefficient (Wildman–Crippen LogP) is 3.32. The van der Waals surface area contributed by atoms with Crippen molar-refractivity contribution in [3.63, 3.8) is 0 Å². The average Bonchev–Trinajstić information content (AvgIpc) is 2.80. The van der Waals surface area contributed by atoms with Crippen molar-refractivity contribution in [2.75, 3.05) is 19.0 Å². The summed E-state index contributed by atoms with van der Waals surface area (Å²) < 4.78 is 48.1. The largest absolute Gasteiger partial charge is 0.497 e. The van der Waals surface area contributed by atoms with Crippen molar-refractivity contribution in [2.24, 2.45) is 0 Å². The molecule has 2 aromatic rings. The maximum absolute atomic E-state index is 12.8. The van der Waals surface area contributed by atoms with Crippen LogP contribution in [0.2, 0.25) is 0 Å². The van der Waals surface area contributed by atoms with E-state index in [0.29, 0.717) is 17.4 Å². The Bertz CT molecular complexity index is 1130. The molecule has 0 spiro atoms. The molecule has 13 heteroatoms. The molecule has 10 nitrogen and oxygen atoms in total. The van der Waals surface area contributed by atoms with Crippen LogP contribution in [0.5, 0.6) is 5.75 Å². The van der Waals surface area contributed by atoms with Crippen LogP contribution in [0.3, 0.4) is 0 Å². The number of esters is 1. The summed E-state index contributed by atoms with van der Waals surface area (Å²) in [5, 5.41) is 15.4. The quantitative estimate of drug-likeness (QED) is 0.236. The third-order valence-electron chi connectivity index (χ3n) is 4.40. The fourth-order valence-electron chi connectivity index (χ4n) is 2.62. The second-order valence-corrected chi connectivity index (χ2v) is 6.98. The monoisotopic (exact) mass is 495 g/mol. The number of carbonyl (C=O) groups is 3. The van der Waals surface area contributed by atoms with Crippen LogP contribution in [-0.4, -0.2) is 42.5 Å². The molecule has 0 unspecified atom stereocenters. The summed E-state index contributed by atoms with van der Waals surface area (Å²) in [4.78, 5) is 46.0. The lowest BCUT2D eigenvalue weighted by Gasteiger charge is -2.13. The first-order valence-corrected chi connectivity index (χ1v) is 9.85. The van der Waals surface area contributed by atoms with Crippen molar-refractivity contribution >= 4 is 35.2 Å². The number of ether oxygens (including phenoxy) is 2. The van der Waals surface area contributed by atoms with Gasteiger partial charge >= 0.3 is 12.1 Å². The van der Waals surface area contributed by atoms with Crippen LogP contribution in [0.1, 0.15) is 18.1 Å². The van der Waals surface area contributed by atoms with E-state index < -0.39 is 58.5 Å². The summed E-state index contributed by atoms with van der Waals surface area (Å²) in [6.07, 6.45) is -2.13. The zero-order valence-electron chi connectivity index (χ0n) is 18.4. The van der Waals surface area contributed by atoms with Crippen LogP contribution in [0.4, 0.5) is 24.5 Å². The molecule has 0 fully saturated rings. The molecule has 0 radical (unpaired) electrons. The first kappa shape index (κ1) is 26.8. The van der Waals surface area contributed by atoms with Gasteiger partial charge in [0.1, 0.15) is 17.5 Å². The molecule has 2 amide bonds. The highest BCUT2D eigenvalue weighted by Gasteiger charge is 2.33. The van der Waals surface area contributed by atoms with E-state index in [-0.39, 0.29) is 6.07 Å². The lowest BCUT2D eigenvalue weighted by atomic mass is 10.1. The molecule has 1 atom stereocenters. The van der Waals surface area contributed by atoms with Gasteiger partial charge < -0.3 is 20.1 Å². The standard InChI is InChI=1S/C22H20F3N3O7/c1-13(26-19(29)10-5-14-3-7-16(34-2)8-4-14)21(31)35-12-20(30)27-17-9-6-15(22(23,24)25)11-18(17)28(32)33/h3-11,13H,12H2,1-2H3,(H,26,29)(H,27,30)/t13-/m0/s1. The van der Waals surface area contributed by atoms with E-state index in [1.54, 1.807) is 24.3 Å². The van der Waals surface area contributed by atoms with Crippen molar-refractivity contribution < 1.29 is 42.0 Å². The molecule has 0 heterocycles. The molecular formula is C22H20F3N3O7. The molecule has 35 heavy (non-hydrogen) atoms. The molecular weight excluding hydrogens is 475 g/mol. The van der Waals surface area contributed by atoms with Gasteiger partial charge in [-0.1, -0.05) is 12.1 Å². The molecule has 2 rings (SSSR count). The Morgan fingerprint density at radius 2 is 1.80 bits per heavy atom. The van der Waals surface area contributed by atoms with Crippen molar-refractivity contribution in [1.29, 1.82) is 0 Å². The number of benzene rings is 2. The minimum Gasteiger partial charge on any atom is -0.497 e. The normalized spacial score (nSPS) is 12.0. The summed E-state index contributed by atoms with van der Waals surface area (Å²) in [6, 6.07) is 7.23. The highest BCUT2D eigenvalue weighted by Crippen LogP contribution is 2.34. The molecule has 0 aliphatic carbocycles. The summed E-state index contributed by atoms with van der Waals surface area (Å²) in [5.74, 6) is -1.98. The summed E-state index contributed by atoms with van der Waals surface area (Å²) in [7, 11) is 1.51. The highest BCUT2D eigenvalue weighted by atomic mass is 19.4. The first-order chi connectivity index (χ1) is 16.4. The second kappa shape index (κ2) is 11.6. The van der Waals surface area contributed by atoms with E-state index >= 15 is 0 Å². The van der Waals surface area contributed by atoms with Gasteiger partial charge in [-0.25, -0.2) is 4.79 Å².